The Morgan fingerprint density at radius 1 is 1.38 bits per heavy atom. The topological polar surface area (TPSA) is 18.5 Å². The van der Waals surface area contributed by atoms with Crippen molar-refractivity contribution in [1.82, 2.24) is 0 Å². The van der Waals surface area contributed by atoms with Crippen LogP contribution in [0.25, 0.3) is 0 Å². The van der Waals surface area contributed by atoms with Crippen molar-refractivity contribution in [3.63, 3.8) is 0 Å². The molecule has 1 aromatic carbocycles. The van der Waals surface area contributed by atoms with Gasteiger partial charge in [0.25, 0.3) is 0 Å². The van der Waals surface area contributed by atoms with E-state index in [0.29, 0.717) is 5.33 Å². The fourth-order valence-electron chi connectivity index (χ4n) is 1.40. The number of alkyl halides is 1. The molecule has 0 bridgehead atoms. The lowest BCUT2D eigenvalue weighted by atomic mass is 10.1. The average Bonchev–Trinajstić information content (AvgIpc) is 2.33. The number of ether oxygens (including phenoxy) is 2. The first kappa shape index (κ1) is 13.2. The zero-order valence-corrected chi connectivity index (χ0v) is 11.1. The molecule has 0 heterocycles. The molecule has 0 N–H and O–H groups in total. The SMILES string of the molecule is C#CCOC(CBr)(OC)c1ccc(C)cc1. The Kier molecular flexibility index (Phi) is 5.01. The van der Waals surface area contributed by atoms with Gasteiger partial charge in [0.2, 0.25) is 5.79 Å². The predicted molar refractivity (Wildman–Crippen MR) is 68.4 cm³/mol. The third kappa shape index (κ3) is 2.85. The maximum atomic E-state index is 5.60. The van der Waals surface area contributed by atoms with E-state index in [1.54, 1.807) is 7.11 Å². The van der Waals surface area contributed by atoms with Crippen LogP contribution in [0.5, 0.6) is 0 Å². The Morgan fingerprint density at radius 2 is 2.00 bits per heavy atom. The molecule has 3 heteroatoms. The fourth-order valence-corrected chi connectivity index (χ4v) is 2.11. The van der Waals surface area contributed by atoms with Crippen molar-refractivity contribution < 1.29 is 9.47 Å². The number of halogens is 1. The lowest BCUT2D eigenvalue weighted by Gasteiger charge is -2.30. The predicted octanol–water partition coefficient (Wildman–Crippen LogP) is 2.84. The first-order chi connectivity index (χ1) is 7.68. The highest BCUT2D eigenvalue weighted by molar-refractivity contribution is 9.09. The van der Waals surface area contributed by atoms with Crippen LogP contribution in [-0.2, 0) is 15.3 Å². The minimum Gasteiger partial charge on any atom is -0.349 e. The normalized spacial score (nSPS) is 14.1. The summed E-state index contributed by atoms with van der Waals surface area (Å²) in [6.45, 7) is 2.25. The van der Waals surface area contributed by atoms with Crippen LogP contribution >= 0.6 is 15.9 Å². The number of methoxy groups -OCH3 is 1. The van der Waals surface area contributed by atoms with E-state index in [9.17, 15) is 0 Å². The van der Waals surface area contributed by atoms with Crippen LogP contribution in [0.4, 0.5) is 0 Å². The minimum absolute atomic E-state index is 0.216. The second-order valence-electron chi connectivity index (χ2n) is 3.45. The Hall–Kier alpha value is -0.820. The van der Waals surface area contributed by atoms with Gasteiger partial charge in [-0.1, -0.05) is 51.7 Å². The molecule has 1 rings (SSSR count). The van der Waals surface area contributed by atoms with E-state index in [-0.39, 0.29) is 6.61 Å². The molecule has 86 valence electrons. The Labute approximate surface area is 105 Å². The molecule has 0 amide bonds. The molecule has 1 unspecified atom stereocenters. The standard InChI is InChI=1S/C13H15BrO2/c1-4-9-16-13(10-14,15-3)12-7-5-11(2)6-8-12/h1,5-8H,9-10H2,2-3H3. The van der Waals surface area contributed by atoms with E-state index in [0.717, 1.165) is 5.56 Å². The maximum absolute atomic E-state index is 5.60. The van der Waals surface area contributed by atoms with Crippen LogP contribution in [0.3, 0.4) is 0 Å². The quantitative estimate of drug-likeness (QED) is 0.470. The first-order valence-corrected chi connectivity index (χ1v) is 6.06. The van der Waals surface area contributed by atoms with Gasteiger partial charge in [-0.05, 0) is 6.92 Å². The summed E-state index contributed by atoms with van der Waals surface area (Å²) in [4.78, 5) is 0. The third-order valence-electron chi connectivity index (χ3n) is 2.39. The molecule has 0 radical (unpaired) electrons. The smallest absolute Gasteiger partial charge is 0.205 e. The van der Waals surface area contributed by atoms with Crippen molar-refractivity contribution in [2.45, 2.75) is 12.7 Å². The summed E-state index contributed by atoms with van der Waals surface area (Å²) < 4.78 is 11.0. The molecule has 0 spiro atoms. The van der Waals surface area contributed by atoms with Gasteiger partial charge < -0.3 is 9.47 Å². The van der Waals surface area contributed by atoms with Crippen LogP contribution in [0, 0.1) is 19.3 Å². The molecule has 16 heavy (non-hydrogen) atoms. The lowest BCUT2D eigenvalue weighted by molar-refractivity contribution is -0.206. The van der Waals surface area contributed by atoms with Crippen LogP contribution in [0.2, 0.25) is 0 Å². The second kappa shape index (κ2) is 6.05. The summed E-state index contributed by atoms with van der Waals surface area (Å²) in [5, 5.41) is 0.529. The number of terminal acetylenes is 1. The van der Waals surface area contributed by atoms with Crippen LogP contribution in [-0.4, -0.2) is 19.0 Å². The molecule has 1 aromatic rings. The van der Waals surface area contributed by atoms with Crippen molar-refractivity contribution in [3.05, 3.63) is 35.4 Å². The molecular weight excluding hydrogens is 268 g/mol. The van der Waals surface area contributed by atoms with Crippen molar-refractivity contribution >= 4 is 15.9 Å². The zero-order chi connectivity index (χ0) is 12.0. The number of hydrogen-bond acceptors (Lipinski definition) is 2. The largest absolute Gasteiger partial charge is 0.349 e. The van der Waals surface area contributed by atoms with Crippen LogP contribution in [0.15, 0.2) is 24.3 Å². The van der Waals surface area contributed by atoms with Gasteiger partial charge in [0.05, 0.1) is 5.33 Å². The van der Waals surface area contributed by atoms with Crippen molar-refractivity contribution in [2.75, 3.05) is 19.0 Å². The van der Waals surface area contributed by atoms with E-state index in [4.69, 9.17) is 15.9 Å². The highest BCUT2D eigenvalue weighted by atomic mass is 79.9. The van der Waals surface area contributed by atoms with Crippen LogP contribution in [0.1, 0.15) is 11.1 Å². The monoisotopic (exact) mass is 282 g/mol. The summed E-state index contributed by atoms with van der Waals surface area (Å²) in [5.41, 5.74) is 2.15. The molecule has 0 aliphatic rings. The molecule has 1 atom stereocenters. The first-order valence-electron chi connectivity index (χ1n) is 4.94. The second-order valence-corrected chi connectivity index (χ2v) is 4.01. The van der Waals surface area contributed by atoms with E-state index < -0.39 is 5.79 Å². The average molecular weight is 283 g/mol. The molecule has 2 nitrogen and oxygen atoms in total. The molecule has 0 saturated heterocycles. The Balaban J connectivity index is 3.00. The Morgan fingerprint density at radius 3 is 2.44 bits per heavy atom. The lowest BCUT2D eigenvalue weighted by Crippen LogP contribution is -2.34. The van der Waals surface area contributed by atoms with Gasteiger partial charge in [-0.25, -0.2) is 0 Å². The summed E-state index contributed by atoms with van der Waals surface area (Å²) in [6, 6.07) is 8.00. The van der Waals surface area contributed by atoms with Gasteiger partial charge in [0.15, 0.2) is 0 Å². The summed E-state index contributed by atoms with van der Waals surface area (Å²) in [6.07, 6.45) is 5.20. The number of rotatable bonds is 5. The van der Waals surface area contributed by atoms with E-state index >= 15 is 0 Å². The maximum Gasteiger partial charge on any atom is 0.205 e. The molecular formula is C13H15BrO2. The Bertz CT molecular complexity index is 361. The summed E-state index contributed by atoms with van der Waals surface area (Å²) in [7, 11) is 1.61. The third-order valence-corrected chi connectivity index (χ3v) is 3.12. The molecule has 0 fully saturated rings. The summed E-state index contributed by atoms with van der Waals surface area (Å²) >= 11 is 3.40. The number of aryl methyl sites for hydroxylation is 1. The van der Waals surface area contributed by atoms with Gasteiger partial charge in [-0.15, -0.1) is 6.42 Å². The van der Waals surface area contributed by atoms with E-state index in [1.165, 1.54) is 5.56 Å². The number of benzene rings is 1. The highest BCUT2D eigenvalue weighted by Crippen LogP contribution is 2.29. The van der Waals surface area contributed by atoms with Gasteiger partial charge >= 0.3 is 0 Å². The molecule has 0 saturated carbocycles. The van der Waals surface area contributed by atoms with Crippen molar-refractivity contribution in [2.24, 2.45) is 0 Å². The van der Waals surface area contributed by atoms with Gasteiger partial charge in [-0.3, -0.25) is 0 Å². The van der Waals surface area contributed by atoms with Crippen molar-refractivity contribution in [3.8, 4) is 12.3 Å². The molecule has 0 aliphatic carbocycles. The van der Waals surface area contributed by atoms with Gasteiger partial charge in [0, 0.05) is 12.7 Å². The fraction of sp³-hybridized carbons (Fsp3) is 0.385. The van der Waals surface area contributed by atoms with Crippen molar-refractivity contribution in [1.29, 1.82) is 0 Å². The summed E-state index contributed by atoms with van der Waals surface area (Å²) in [5.74, 6) is 1.64. The number of hydrogen-bond donors (Lipinski definition) is 0. The van der Waals surface area contributed by atoms with E-state index in [2.05, 4.69) is 21.9 Å². The van der Waals surface area contributed by atoms with Crippen LogP contribution < -0.4 is 0 Å². The van der Waals surface area contributed by atoms with Gasteiger partial charge in [-0.2, -0.15) is 0 Å². The van der Waals surface area contributed by atoms with E-state index in [1.807, 2.05) is 31.2 Å². The minimum atomic E-state index is -0.805. The molecule has 0 aromatic heterocycles. The molecule has 0 aliphatic heterocycles. The van der Waals surface area contributed by atoms with Gasteiger partial charge in [0.1, 0.15) is 6.61 Å². The highest BCUT2D eigenvalue weighted by Gasteiger charge is 2.31. The zero-order valence-electron chi connectivity index (χ0n) is 9.50.